The lowest BCUT2D eigenvalue weighted by molar-refractivity contribution is 0.182. The van der Waals surface area contributed by atoms with Crippen LogP contribution < -0.4 is 5.73 Å². The zero-order valence-corrected chi connectivity index (χ0v) is 12.2. The van der Waals surface area contributed by atoms with Crippen molar-refractivity contribution in [1.29, 1.82) is 0 Å². The molecule has 0 aromatic heterocycles. The fraction of sp³-hybridized carbons (Fsp3) is 0.600. The number of nitrogens with two attached hydrogens (primary N) is 1. The van der Waals surface area contributed by atoms with Crippen molar-refractivity contribution in [2.45, 2.75) is 44.7 Å². The Kier molecular flexibility index (Phi) is 5.20. The van der Waals surface area contributed by atoms with Gasteiger partial charge >= 0.3 is 0 Å². The second kappa shape index (κ2) is 6.69. The van der Waals surface area contributed by atoms with Gasteiger partial charge in [0.1, 0.15) is 5.82 Å². The second-order valence-corrected chi connectivity index (χ2v) is 5.69. The number of rotatable bonds is 3. The summed E-state index contributed by atoms with van der Waals surface area (Å²) in [6.45, 7) is 4.07. The number of benzene rings is 1. The molecule has 2 unspecified atom stereocenters. The predicted octanol–water partition coefficient (Wildman–Crippen LogP) is 3.74. The van der Waals surface area contributed by atoms with E-state index < -0.39 is 0 Å². The van der Waals surface area contributed by atoms with E-state index in [2.05, 4.69) is 11.8 Å². The van der Waals surface area contributed by atoms with Gasteiger partial charge in [0.15, 0.2) is 0 Å². The molecule has 2 rings (SSSR count). The maximum atomic E-state index is 14.3. The van der Waals surface area contributed by atoms with Crippen LogP contribution in [0.25, 0.3) is 0 Å². The molecule has 2 atom stereocenters. The molecule has 1 saturated heterocycles. The van der Waals surface area contributed by atoms with Crippen LogP contribution in [0.4, 0.5) is 4.39 Å². The van der Waals surface area contributed by atoms with Gasteiger partial charge in [0.05, 0.1) is 11.1 Å². The first-order valence-corrected chi connectivity index (χ1v) is 7.46. The highest BCUT2D eigenvalue weighted by Crippen LogP contribution is 2.33. The summed E-state index contributed by atoms with van der Waals surface area (Å²) < 4.78 is 14.3. The van der Waals surface area contributed by atoms with Gasteiger partial charge in [-0.25, -0.2) is 4.39 Å². The SMILES string of the molecule is CCCN1CCCCC(N)C1c1cccc(Cl)c1F. The molecule has 4 heteroatoms. The van der Waals surface area contributed by atoms with E-state index >= 15 is 0 Å². The van der Waals surface area contributed by atoms with Gasteiger partial charge in [-0.3, -0.25) is 4.90 Å². The van der Waals surface area contributed by atoms with Gasteiger partial charge in [0.2, 0.25) is 0 Å². The Morgan fingerprint density at radius 1 is 1.42 bits per heavy atom. The largest absolute Gasteiger partial charge is 0.326 e. The topological polar surface area (TPSA) is 29.3 Å². The van der Waals surface area contributed by atoms with Crippen molar-refractivity contribution in [2.75, 3.05) is 13.1 Å². The zero-order valence-electron chi connectivity index (χ0n) is 11.4. The summed E-state index contributed by atoms with van der Waals surface area (Å²) in [6, 6.07) is 5.14. The van der Waals surface area contributed by atoms with Crippen LogP contribution in [0.1, 0.15) is 44.2 Å². The van der Waals surface area contributed by atoms with Gasteiger partial charge in [-0.1, -0.05) is 37.1 Å². The smallest absolute Gasteiger partial charge is 0.146 e. The van der Waals surface area contributed by atoms with Gasteiger partial charge in [-0.05, 0) is 38.4 Å². The average molecular weight is 285 g/mol. The molecule has 0 saturated carbocycles. The monoisotopic (exact) mass is 284 g/mol. The number of likely N-dealkylation sites (tertiary alicyclic amines) is 1. The van der Waals surface area contributed by atoms with Crippen molar-refractivity contribution in [2.24, 2.45) is 5.73 Å². The maximum Gasteiger partial charge on any atom is 0.146 e. The lowest BCUT2D eigenvalue weighted by Crippen LogP contribution is -2.40. The van der Waals surface area contributed by atoms with Crippen LogP contribution >= 0.6 is 11.6 Å². The third-order valence-electron chi connectivity index (χ3n) is 3.84. The Morgan fingerprint density at radius 3 is 2.95 bits per heavy atom. The van der Waals surface area contributed by atoms with E-state index in [0.29, 0.717) is 5.56 Å². The molecule has 0 bridgehead atoms. The Balaban J connectivity index is 2.37. The average Bonchev–Trinajstić information content (AvgIpc) is 2.56. The minimum absolute atomic E-state index is 0.0259. The Bertz CT molecular complexity index is 425. The van der Waals surface area contributed by atoms with E-state index in [-0.39, 0.29) is 22.9 Å². The van der Waals surface area contributed by atoms with Crippen LogP contribution in [-0.4, -0.2) is 24.0 Å². The number of nitrogens with zero attached hydrogens (tertiary/aromatic N) is 1. The van der Waals surface area contributed by atoms with Crippen LogP contribution in [0.3, 0.4) is 0 Å². The fourth-order valence-electron chi connectivity index (χ4n) is 2.98. The summed E-state index contributed by atoms with van der Waals surface area (Å²) in [5.74, 6) is -0.312. The molecule has 19 heavy (non-hydrogen) atoms. The number of hydrogen-bond acceptors (Lipinski definition) is 2. The predicted molar refractivity (Wildman–Crippen MR) is 77.8 cm³/mol. The molecule has 2 nitrogen and oxygen atoms in total. The summed E-state index contributed by atoms with van der Waals surface area (Å²) in [5.41, 5.74) is 6.95. The second-order valence-electron chi connectivity index (χ2n) is 5.28. The van der Waals surface area contributed by atoms with Crippen LogP contribution in [-0.2, 0) is 0 Å². The molecule has 106 valence electrons. The fourth-order valence-corrected chi connectivity index (χ4v) is 3.16. The molecule has 1 fully saturated rings. The Hall–Kier alpha value is -0.640. The lowest BCUT2D eigenvalue weighted by atomic mass is 9.95. The Labute approximate surface area is 119 Å². The first-order chi connectivity index (χ1) is 9.15. The quantitative estimate of drug-likeness (QED) is 0.916. The molecule has 1 aliphatic heterocycles. The van der Waals surface area contributed by atoms with Crippen LogP contribution in [0.5, 0.6) is 0 Å². The molecule has 1 heterocycles. The molecule has 1 aromatic carbocycles. The molecule has 1 aromatic rings. The highest BCUT2D eigenvalue weighted by molar-refractivity contribution is 6.30. The maximum absolute atomic E-state index is 14.3. The number of hydrogen-bond donors (Lipinski definition) is 1. The molecular weight excluding hydrogens is 263 g/mol. The van der Waals surface area contributed by atoms with Crippen molar-refractivity contribution >= 4 is 11.6 Å². The van der Waals surface area contributed by atoms with Gasteiger partial charge in [0.25, 0.3) is 0 Å². The van der Waals surface area contributed by atoms with Crippen LogP contribution in [0, 0.1) is 5.82 Å². The van der Waals surface area contributed by atoms with Gasteiger partial charge in [0, 0.05) is 11.6 Å². The van der Waals surface area contributed by atoms with Crippen molar-refractivity contribution in [3.8, 4) is 0 Å². The van der Waals surface area contributed by atoms with E-state index in [1.165, 1.54) is 0 Å². The Morgan fingerprint density at radius 2 is 2.21 bits per heavy atom. The molecule has 2 N–H and O–H groups in total. The van der Waals surface area contributed by atoms with Crippen LogP contribution in [0.15, 0.2) is 18.2 Å². The molecule has 0 amide bonds. The van der Waals surface area contributed by atoms with E-state index in [1.807, 2.05) is 12.1 Å². The van der Waals surface area contributed by atoms with Crippen molar-refractivity contribution in [3.05, 3.63) is 34.6 Å². The van der Waals surface area contributed by atoms with Gasteiger partial charge < -0.3 is 5.73 Å². The minimum Gasteiger partial charge on any atom is -0.326 e. The highest BCUT2D eigenvalue weighted by atomic mass is 35.5. The summed E-state index contributed by atoms with van der Waals surface area (Å²) in [5, 5.41) is 0.186. The first kappa shape index (κ1) is 14.8. The third kappa shape index (κ3) is 3.28. The molecule has 1 aliphatic rings. The van der Waals surface area contributed by atoms with E-state index in [9.17, 15) is 4.39 Å². The first-order valence-electron chi connectivity index (χ1n) is 7.08. The molecule has 0 aliphatic carbocycles. The third-order valence-corrected chi connectivity index (χ3v) is 4.13. The van der Waals surface area contributed by atoms with E-state index in [4.69, 9.17) is 17.3 Å². The summed E-state index contributed by atoms with van der Waals surface area (Å²) in [6.07, 6.45) is 4.23. The highest BCUT2D eigenvalue weighted by Gasteiger charge is 2.30. The van der Waals surface area contributed by atoms with Crippen molar-refractivity contribution in [1.82, 2.24) is 4.90 Å². The van der Waals surface area contributed by atoms with E-state index in [1.54, 1.807) is 6.07 Å². The number of halogens is 2. The van der Waals surface area contributed by atoms with E-state index in [0.717, 1.165) is 38.8 Å². The minimum atomic E-state index is -0.312. The normalized spacial score (nSPS) is 25.3. The van der Waals surface area contributed by atoms with Gasteiger partial charge in [-0.2, -0.15) is 0 Å². The molecular formula is C15H22ClFN2. The zero-order chi connectivity index (χ0) is 13.8. The summed E-state index contributed by atoms with van der Waals surface area (Å²) in [7, 11) is 0. The van der Waals surface area contributed by atoms with Crippen molar-refractivity contribution in [3.63, 3.8) is 0 Å². The van der Waals surface area contributed by atoms with Gasteiger partial charge in [-0.15, -0.1) is 0 Å². The van der Waals surface area contributed by atoms with Crippen LogP contribution in [0.2, 0.25) is 5.02 Å². The molecule has 0 radical (unpaired) electrons. The van der Waals surface area contributed by atoms with Crippen molar-refractivity contribution < 1.29 is 4.39 Å². The summed E-state index contributed by atoms with van der Waals surface area (Å²) in [4.78, 5) is 2.31. The molecule has 0 spiro atoms. The lowest BCUT2D eigenvalue weighted by Gasteiger charge is -2.33. The summed E-state index contributed by atoms with van der Waals surface area (Å²) >= 11 is 5.91. The standard InChI is InChI=1S/C15H22ClFN2/c1-2-9-19-10-4-3-8-13(18)15(19)11-6-5-7-12(16)14(11)17/h5-7,13,15H,2-4,8-10,18H2,1H3.